The molecule has 2 heterocycles. The van der Waals surface area contributed by atoms with E-state index in [1.54, 1.807) is 7.11 Å². The first-order valence-corrected chi connectivity index (χ1v) is 12.2. The molecule has 1 aliphatic heterocycles. The Morgan fingerprint density at radius 2 is 1.91 bits per heavy atom. The van der Waals surface area contributed by atoms with Crippen molar-refractivity contribution < 1.29 is 9.53 Å². The Morgan fingerprint density at radius 3 is 2.69 bits per heavy atom. The molecule has 1 saturated heterocycles. The maximum atomic E-state index is 13.0. The fourth-order valence-corrected chi connectivity index (χ4v) is 5.21. The standard InChI is InChI=1S/C23H31N5O3S/c1-26-11-13-27(14-12-26)28-19-9-5-4-8-18(19)22(25-23(28)30)32-16-21(29)24-15-17-7-3-6-10-20(17)31-2/h3,6-7,10H,4-5,8-9,11-16H2,1-2H3,(H,24,29). The van der Waals surface area contributed by atoms with Gasteiger partial charge in [-0.25, -0.2) is 9.47 Å². The summed E-state index contributed by atoms with van der Waals surface area (Å²) < 4.78 is 7.15. The number of para-hydroxylation sites is 1. The summed E-state index contributed by atoms with van der Waals surface area (Å²) >= 11 is 1.36. The molecule has 0 unspecified atom stereocenters. The molecule has 8 nitrogen and oxygen atoms in total. The van der Waals surface area contributed by atoms with E-state index in [9.17, 15) is 9.59 Å². The molecule has 1 amide bonds. The summed E-state index contributed by atoms with van der Waals surface area (Å²) in [5.74, 6) is 0.895. The van der Waals surface area contributed by atoms with Gasteiger partial charge in [0, 0.05) is 43.9 Å². The Hall–Kier alpha value is -2.52. The Bertz CT molecular complexity index is 1020. The topological polar surface area (TPSA) is 79.7 Å². The molecule has 0 spiro atoms. The van der Waals surface area contributed by atoms with E-state index in [0.29, 0.717) is 11.6 Å². The van der Waals surface area contributed by atoms with E-state index in [0.717, 1.165) is 74.4 Å². The zero-order chi connectivity index (χ0) is 22.5. The number of benzene rings is 1. The maximum absolute atomic E-state index is 13.0. The summed E-state index contributed by atoms with van der Waals surface area (Å²) in [6.07, 6.45) is 3.95. The minimum atomic E-state index is -0.230. The first kappa shape index (κ1) is 22.7. The first-order valence-electron chi connectivity index (χ1n) is 11.2. The van der Waals surface area contributed by atoms with Crippen molar-refractivity contribution in [1.29, 1.82) is 0 Å². The first-order chi connectivity index (χ1) is 15.6. The Kier molecular flexibility index (Phi) is 7.36. The average molecular weight is 458 g/mol. The molecule has 2 aliphatic rings. The molecular weight excluding hydrogens is 426 g/mol. The highest BCUT2D eigenvalue weighted by atomic mass is 32.2. The highest BCUT2D eigenvalue weighted by Gasteiger charge is 2.25. The van der Waals surface area contributed by atoms with Crippen LogP contribution in [0.2, 0.25) is 0 Å². The summed E-state index contributed by atoms with van der Waals surface area (Å²) in [6, 6.07) is 7.63. The van der Waals surface area contributed by atoms with Gasteiger partial charge in [0.1, 0.15) is 10.8 Å². The van der Waals surface area contributed by atoms with Crippen molar-refractivity contribution in [3.05, 3.63) is 51.6 Å². The number of piperazine rings is 1. The molecule has 0 bridgehead atoms. The molecule has 1 aromatic heterocycles. The van der Waals surface area contributed by atoms with Gasteiger partial charge in [-0.3, -0.25) is 4.79 Å². The number of likely N-dealkylation sites (N-methyl/N-ethyl adjacent to an activating group) is 1. The van der Waals surface area contributed by atoms with Crippen molar-refractivity contribution in [3.63, 3.8) is 0 Å². The fourth-order valence-electron chi connectivity index (χ4n) is 4.31. The monoisotopic (exact) mass is 457 g/mol. The van der Waals surface area contributed by atoms with Gasteiger partial charge in [0.2, 0.25) is 5.91 Å². The fraction of sp³-hybridized carbons (Fsp3) is 0.522. The zero-order valence-electron chi connectivity index (χ0n) is 18.8. The van der Waals surface area contributed by atoms with Crippen LogP contribution in [-0.2, 0) is 24.2 Å². The van der Waals surface area contributed by atoms with E-state index < -0.39 is 0 Å². The Balaban J connectivity index is 1.45. The molecule has 0 saturated carbocycles. The van der Waals surface area contributed by atoms with Crippen LogP contribution in [0.1, 0.15) is 29.7 Å². The molecule has 9 heteroatoms. The lowest BCUT2D eigenvalue weighted by Crippen LogP contribution is -2.55. The van der Waals surface area contributed by atoms with E-state index in [1.807, 2.05) is 28.9 Å². The predicted octanol–water partition coefficient (Wildman–Crippen LogP) is 1.42. The maximum Gasteiger partial charge on any atom is 0.367 e. The van der Waals surface area contributed by atoms with Gasteiger partial charge in [-0.1, -0.05) is 30.0 Å². The number of rotatable bonds is 7. The summed E-state index contributed by atoms with van der Waals surface area (Å²) in [6.45, 7) is 3.92. The SMILES string of the molecule is COc1ccccc1CNC(=O)CSc1nc(=O)n(N2CCN(C)CC2)c2c1CCCC2. The van der Waals surface area contributed by atoms with Gasteiger partial charge in [0.25, 0.3) is 0 Å². The summed E-state index contributed by atoms with van der Waals surface area (Å²) in [5.41, 5.74) is 2.92. The number of nitrogens with zero attached hydrogens (tertiary/aromatic N) is 4. The Labute approximate surface area is 192 Å². The van der Waals surface area contributed by atoms with Crippen LogP contribution < -0.4 is 20.8 Å². The number of hydrogen-bond donors (Lipinski definition) is 1. The van der Waals surface area contributed by atoms with E-state index >= 15 is 0 Å². The van der Waals surface area contributed by atoms with Gasteiger partial charge in [0.15, 0.2) is 0 Å². The lowest BCUT2D eigenvalue weighted by molar-refractivity contribution is -0.118. The molecule has 1 fully saturated rings. The molecule has 2 aromatic rings. The van der Waals surface area contributed by atoms with E-state index in [4.69, 9.17) is 4.74 Å². The second-order valence-electron chi connectivity index (χ2n) is 8.28. The third-order valence-electron chi connectivity index (χ3n) is 6.10. The lowest BCUT2D eigenvalue weighted by Gasteiger charge is -2.37. The molecule has 172 valence electrons. The van der Waals surface area contributed by atoms with Crippen LogP contribution in [0.15, 0.2) is 34.1 Å². The normalized spacial score (nSPS) is 16.5. The zero-order valence-corrected chi connectivity index (χ0v) is 19.6. The van der Waals surface area contributed by atoms with Crippen molar-refractivity contribution in [1.82, 2.24) is 19.9 Å². The van der Waals surface area contributed by atoms with Crippen LogP contribution >= 0.6 is 11.8 Å². The smallest absolute Gasteiger partial charge is 0.367 e. The molecule has 1 N–H and O–H groups in total. The summed E-state index contributed by atoms with van der Waals surface area (Å²) in [5, 5.41) is 5.79. The number of nitrogens with one attached hydrogen (secondary N) is 1. The minimum absolute atomic E-state index is 0.0875. The predicted molar refractivity (Wildman–Crippen MR) is 126 cm³/mol. The molecule has 0 atom stereocenters. The highest BCUT2D eigenvalue weighted by Crippen LogP contribution is 2.28. The van der Waals surface area contributed by atoms with Gasteiger partial charge in [-0.15, -0.1) is 0 Å². The second kappa shape index (κ2) is 10.4. The molecule has 1 aliphatic carbocycles. The number of methoxy groups -OCH3 is 1. The van der Waals surface area contributed by atoms with Crippen LogP contribution in [0.5, 0.6) is 5.75 Å². The van der Waals surface area contributed by atoms with Crippen LogP contribution in [0.3, 0.4) is 0 Å². The number of hydrogen-bond acceptors (Lipinski definition) is 7. The number of carbonyl (C=O) groups is 1. The summed E-state index contributed by atoms with van der Waals surface area (Å²) in [4.78, 5) is 32.2. The molecular formula is C23H31N5O3S. The quantitative estimate of drug-likeness (QED) is 0.498. The second-order valence-corrected chi connectivity index (χ2v) is 9.24. The van der Waals surface area contributed by atoms with E-state index in [-0.39, 0.29) is 17.3 Å². The minimum Gasteiger partial charge on any atom is -0.496 e. The molecule has 0 radical (unpaired) electrons. The number of ether oxygens (including phenoxy) is 1. The van der Waals surface area contributed by atoms with Crippen LogP contribution in [0.4, 0.5) is 0 Å². The van der Waals surface area contributed by atoms with Gasteiger partial charge in [0.05, 0.1) is 18.6 Å². The van der Waals surface area contributed by atoms with Gasteiger partial charge in [-0.05, 0) is 38.8 Å². The van der Waals surface area contributed by atoms with E-state index in [1.165, 1.54) is 11.8 Å². The number of carbonyl (C=O) groups excluding carboxylic acids is 1. The molecule has 1 aromatic carbocycles. The number of amides is 1. The number of thioether (sulfide) groups is 1. The third kappa shape index (κ3) is 5.10. The summed E-state index contributed by atoms with van der Waals surface area (Å²) in [7, 11) is 3.72. The number of aromatic nitrogens is 2. The van der Waals surface area contributed by atoms with Crippen molar-refractivity contribution >= 4 is 17.7 Å². The average Bonchev–Trinajstić information content (AvgIpc) is 2.82. The van der Waals surface area contributed by atoms with E-state index in [2.05, 4.69) is 27.3 Å². The number of fused-ring (bicyclic) bond motifs is 1. The third-order valence-corrected chi connectivity index (χ3v) is 7.12. The van der Waals surface area contributed by atoms with Crippen molar-refractivity contribution in [2.75, 3.05) is 51.1 Å². The van der Waals surface area contributed by atoms with Crippen LogP contribution in [-0.4, -0.2) is 66.6 Å². The Morgan fingerprint density at radius 1 is 1.16 bits per heavy atom. The van der Waals surface area contributed by atoms with Gasteiger partial charge >= 0.3 is 5.69 Å². The van der Waals surface area contributed by atoms with Gasteiger partial charge in [-0.2, -0.15) is 4.98 Å². The van der Waals surface area contributed by atoms with Crippen molar-refractivity contribution in [2.45, 2.75) is 37.3 Å². The largest absolute Gasteiger partial charge is 0.496 e. The van der Waals surface area contributed by atoms with Crippen LogP contribution in [0.25, 0.3) is 0 Å². The highest BCUT2D eigenvalue weighted by molar-refractivity contribution is 7.99. The molecule has 4 rings (SSSR count). The molecule has 32 heavy (non-hydrogen) atoms. The van der Waals surface area contributed by atoms with Crippen molar-refractivity contribution in [3.8, 4) is 5.75 Å². The van der Waals surface area contributed by atoms with Gasteiger partial charge < -0.3 is 20.0 Å². The lowest BCUT2D eigenvalue weighted by atomic mass is 9.97. The van der Waals surface area contributed by atoms with Crippen LogP contribution in [0, 0.1) is 0 Å². The van der Waals surface area contributed by atoms with Crippen molar-refractivity contribution in [2.24, 2.45) is 0 Å².